The van der Waals surface area contributed by atoms with Crippen LogP contribution in [0.25, 0.3) is 0 Å². The Balaban J connectivity index is 1.54. The summed E-state index contributed by atoms with van der Waals surface area (Å²) >= 11 is 6.04. The molecule has 1 aliphatic rings. The lowest BCUT2D eigenvalue weighted by atomic mass is 9.83. The molecule has 2 aromatic rings. The maximum atomic E-state index is 13.1. The minimum Gasteiger partial charge on any atom is -0.484 e. The van der Waals surface area contributed by atoms with Crippen LogP contribution in [0.15, 0.2) is 54.6 Å². The number of likely N-dealkylation sites (tertiary alicyclic amines) is 1. The molecule has 1 fully saturated rings. The second-order valence-corrected chi connectivity index (χ2v) is 8.48. The molecule has 0 saturated carbocycles. The fourth-order valence-corrected chi connectivity index (χ4v) is 4.28. The number of ether oxygens (including phenoxy) is 1. The van der Waals surface area contributed by atoms with Crippen LogP contribution < -0.4 is 10.1 Å². The summed E-state index contributed by atoms with van der Waals surface area (Å²) in [4.78, 5) is 27.4. The highest BCUT2D eigenvalue weighted by atomic mass is 35.5. The molecule has 0 bridgehead atoms. The molecule has 5 nitrogen and oxygen atoms in total. The van der Waals surface area contributed by atoms with E-state index in [0.29, 0.717) is 36.7 Å². The van der Waals surface area contributed by atoms with Crippen LogP contribution in [0, 0.1) is 5.92 Å². The number of para-hydroxylation sites is 1. The number of nitrogens with one attached hydrogen (secondary N) is 1. The zero-order valence-corrected chi connectivity index (χ0v) is 19.0. The van der Waals surface area contributed by atoms with Gasteiger partial charge in [-0.05, 0) is 55.5 Å². The Morgan fingerprint density at radius 3 is 2.23 bits per heavy atom. The lowest BCUT2D eigenvalue weighted by molar-refractivity contribution is -0.137. The van der Waals surface area contributed by atoms with Gasteiger partial charge in [0.15, 0.2) is 6.61 Å². The molecule has 2 aromatic carbocycles. The third-order valence-corrected chi connectivity index (χ3v) is 6.54. The van der Waals surface area contributed by atoms with Gasteiger partial charge in [0, 0.05) is 24.0 Å². The highest BCUT2D eigenvalue weighted by Gasteiger charge is 2.34. The molecule has 31 heavy (non-hydrogen) atoms. The first-order valence-corrected chi connectivity index (χ1v) is 11.4. The lowest BCUT2D eigenvalue weighted by Gasteiger charge is -2.37. The number of nitrogens with zero attached hydrogens (tertiary/aromatic N) is 1. The Kier molecular flexibility index (Phi) is 7.97. The molecule has 0 radical (unpaired) electrons. The van der Waals surface area contributed by atoms with Crippen LogP contribution in [0.4, 0.5) is 0 Å². The Bertz CT molecular complexity index is 858. The quantitative estimate of drug-likeness (QED) is 0.639. The Morgan fingerprint density at radius 2 is 1.65 bits per heavy atom. The predicted octanol–water partition coefficient (Wildman–Crippen LogP) is 4.79. The SMILES string of the molecule is CCC(CC)(NC(=O)C1CCN(C(=O)COc2ccccc2)CC1)c1ccc(Cl)cc1. The smallest absolute Gasteiger partial charge is 0.260 e. The Hall–Kier alpha value is -2.53. The van der Waals surface area contributed by atoms with Crippen molar-refractivity contribution in [3.8, 4) is 5.75 Å². The summed E-state index contributed by atoms with van der Waals surface area (Å²) in [6.07, 6.45) is 2.91. The topological polar surface area (TPSA) is 58.6 Å². The van der Waals surface area contributed by atoms with E-state index in [1.54, 1.807) is 4.90 Å². The minimum atomic E-state index is -0.405. The maximum absolute atomic E-state index is 13.1. The summed E-state index contributed by atoms with van der Waals surface area (Å²) in [5, 5.41) is 4.00. The van der Waals surface area contributed by atoms with E-state index in [2.05, 4.69) is 19.2 Å². The summed E-state index contributed by atoms with van der Waals surface area (Å²) in [6.45, 7) is 5.34. The summed E-state index contributed by atoms with van der Waals surface area (Å²) < 4.78 is 5.57. The normalized spacial score (nSPS) is 14.9. The Labute approximate surface area is 189 Å². The van der Waals surface area contributed by atoms with Crippen LogP contribution in [0.2, 0.25) is 5.02 Å². The molecular weight excluding hydrogens is 412 g/mol. The van der Waals surface area contributed by atoms with E-state index in [1.807, 2.05) is 54.6 Å². The molecule has 3 rings (SSSR count). The average Bonchev–Trinajstić information content (AvgIpc) is 2.82. The molecule has 0 aromatic heterocycles. The standard InChI is InChI=1S/C25H31ClN2O3/c1-3-25(4-2,20-10-12-21(26)13-11-20)27-24(30)19-14-16-28(17-15-19)23(29)18-31-22-8-6-5-7-9-22/h5-13,19H,3-4,14-18H2,1-2H3,(H,27,30). The van der Waals surface area contributed by atoms with Crippen molar-refractivity contribution in [1.29, 1.82) is 0 Å². The van der Waals surface area contributed by atoms with Gasteiger partial charge in [-0.3, -0.25) is 9.59 Å². The van der Waals surface area contributed by atoms with Crippen molar-refractivity contribution in [3.63, 3.8) is 0 Å². The number of halogens is 1. The molecule has 1 heterocycles. The number of benzene rings is 2. The number of piperidine rings is 1. The van der Waals surface area contributed by atoms with E-state index in [4.69, 9.17) is 16.3 Å². The molecule has 1 aliphatic heterocycles. The first-order chi connectivity index (χ1) is 15.0. The van der Waals surface area contributed by atoms with E-state index < -0.39 is 5.54 Å². The summed E-state index contributed by atoms with van der Waals surface area (Å²) in [5.74, 6) is 0.610. The molecule has 1 saturated heterocycles. The zero-order valence-electron chi connectivity index (χ0n) is 18.3. The van der Waals surface area contributed by atoms with Gasteiger partial charge >= 0.3 is 0 Å². The van der Waals surface area contributed by atoms with Crippen molar-refractivity contribution < 1.29 is 14.3 Å². The molecule has 0 spiro atoms. The molecule has 0 aliphatic carbocycles. The predicted molar refractivity (Wildman–Crippen MR) is 123 cm³/mol. The van der Waals surface area contributed by atoms with Gasteiger partial charge in [0.2, 0.25) is 5.91 Å². The summed E-state index contributed by atoms with van der Waals surface area (Å²) in [5.41, 5.74) is 0.666. The minimum absolute atomic E-state index is 0.0201. The second kappa shape index (κ2) is 10.7. The number of hydrogen-bond donors (Lipinski definition) is 1. The Morgan fingerprint density at radius 1 is 1.03 bits per heavy atom. The highest BCUT2D eigenvalue weighted by molar-refractivity contribution is 6.30. The van der Waals surface area contributed by atoms with Gasteiger partial charge in [0.1, 0.15) is 5.75 Å². The molecule has 0 atom stereocenters. The first kappa shape index (κ1) is 23.1. The van der Waals surface area contributed by atoms with Crippen molar-refractivity contribution in [1.82, 2.24) is 10.2 Å². The number of rotatable bonds is 8. The summed E-state index contributed by atoms with van der Waals surface area (Å²) in [7, 11) is 0. The van der Waals surface area contributed by atoms with Crippen molar-refractivity contribution in [2.45, 2.75) is 45.1 Å². The fraction of sp³-hybridized carbons (Fsp3) is 0.440. The number of hydrogen-bond acceptors (Lipinski definition) is 3. The van der Waals surface area contributed by atoms with Gasteiger partial charge in [-0.25, -0.2) is 0 Å². The monoisotopic (exact) mass is 442 g/mol. The van der Waals surface area contributed by atoms with Crippen molar-refractivity contribution in [2.24, 2.45) is 5.92 Å². The summed E-state index contributed by atoms with van der Waals surface area (Å²) in [6, 6.07) is 17.0. The van der Waals surface area contributed by atoms with E-state index >= 15 is 0 Å². The zero-order chi connectivity index (χ0) is 22.3. The highest BCUT2D eigenvalue weighted by Crippen LogP contribution is 2.31. The lowest BCUT2D eigenvalue weighted by Crippen LogP contribution is -2.50. The molecule has 6 heteroatoms. The van der Waals surface area contributed by atoms with E-state index in [9.17, 15) is 9.59 Å². The molecule has 1 N–H and O–H groups in total. The van der Waals surface area contributed by atoms with E-state index in [-0.39, 0.29) is 24.3 Å². The van der Waals surface area contributed by atoms with Gasteiger partial charge in [-0.2, -0.15) is 0 Å². The van der Waals surface area contributed by atoms with Crippen molar-refractivity contribution in [3.05, 3.63) is 65.2 Å². The van der Waals surface area contributed by atoms with Crippen LogP contribution in [0.3, 0.4) is 0 Å². The third-order valence-electron chi connectivity index (χ3n) is 6.29. The number of carbonyl (C=O) groups excluding carboxylic acids is 2. The van der Waals surface area contributed by atoms with Gasteiger partial charge in [-0.1, -0.05) is 55.8 Å². The molecule has 0 unspecified atom stereocenters. The van der Waals surface area contributed by atoms with Crippen LogP contribution in [-0.2, 0) is 15.1 Å². The number of carbonyl (C=O) groups is 2. The van der Waals surface area contributed by atoms with E-state index in [0.717, 1.165) is 18.4 Å². The largest absolute Gasteiger partial charge is 0.484 e. The molecule has 166 valence electrons. The molecule has 2 amide bonds. The van der Waals surface area contributed by atoms with Gasteiger partial charge in [-0.15, -0.1) is 0 Å². The van der Waals surface area contributed by atoms with Gasteiger partial charge in [0.05, 0.1) is 5.54 Å². The van der Waals surface area contributed by atoms with Gasteiger partial charge < -0.3 is 15.0 Å². The van der Waals surface area contributed by atoms with Crippen LogP contribution in [-0.4, -0.2) is 36.4 Å². The second-order valence-electron chi connectivity index (χ2n) is 8.04. The van der Waals surface area contributed by atoms with Gasteiger partial charge in [0.25, 0.3) is 5.91 Å². The number of amides is 2. The third kappa shape index (κ3) is 5.79. The van der Waals surface area contributed by atoms with Crippen LogP contribution >= 0.6 is 11.6 Å². The van der Waals surface area contributed by atoms with Crippen LogP contribution in [0.5, 0.6) is 5.75 Å². The van der Waals surface area contributed by atoms with Crippen LogP contribution in [0.1, 0.15) is 45.1 Å². The van der Waals surface area contributed by atoms with Crippen molar-refractivity contribution >= 4 is 23.4 Å². The van der Waals surface area contributed by atoms with Crippen molar-refractivity contribution in [2.75, 3.05) is 19.7 Å². The fourth-order valence-electron chi connectivity index (χ4n) is 4.16. The molecular formula is C25H31ClN2O3. The van der Waals surface area contributed by atoms with E-state index in [1.165, 1.54) is 0 Å². The maximum Gasteiger partial charge on any atom is 0.260 e. The average molecular weight is 443 g/mol. The first-order valence-electron chi connectivity index (χ1n) is 11.0.